The third-order valence-corrected chi connectivity index (χ3v) is 2.58. The summed E-state index contributed by atoms with van der Waals surface area (Å²) in [7, 11) is 0. The molecule has 0 radical (unpaired) electrons. The molecule has 0 aliphatic carbocycles. The van der Waals surface area contributed by atoms with E-state index in [1.807, 2.05) is 0 Å². The Bertz CT molecular complexity index is 116. The lowest BCUT2D eigenvalue weighted by Crippen LogP contribution is -2.42. The summed E-state index contributed by atoms with van der Waals surface area (Å²) in [5, 5.41) is 8.93. The molecule has 1 aliphatic rings. The Labute approximate surface area is 69.2 Å². The Balaban J connectivity index is 2.33. The van der Waals surface area contributed by atoms with Crippen LogP contribution in [0.3, 0.4) is 0 Å². The first-order valence-electron chi connectivity index (χ1n) is 4.59. The molecule has 0 bridgehead atoms. The Morgan fingerprint density at radius 3 is 2.91 bits per heavy atom. The van der Waals surface area contributed by atoms with Crippen LogP contribution in [0.25, 0.3) is 0 Å². The SMILES string of the molecule is CC1CCCN(C(C)CO)C1. The summed E-state index contributed by atoms with van der Waals surface area (Å²) in [4.78, 5) is 2.38. The molecule has 1 rings (SSSR count). The number of hydrogen-bond acceptors (Lipinski definition) is 2. The molecule has 0 amide bonds. The van der Waals surface area contributed by atoms with Gasteiger partial charge in [-0.25, -0.2) is 0 Å². The van der Waals surface area contributed by atoms with E-state index in [9.17, 15) is 0 Å². The van der Waals surface area contributed by atoms with Gasteiger partial charge in [-0.15, -0.1) is 0 Å². The van der Waals surface area contributed by atoms with E-state index in [0.717, 1.165) is 5.92 Å². The lowest BCUT2D eigenvalue weighted by molar-refractivity contribution is 0.0940. The van der Waals surface area contributed by atoms with Crippen LogP contribution >= 0.6 is 0 Å². The van der Waals surface area contributed by atoms with E-state index < -0.39 is 0 Å². The number of aliphatic hydroxyl groups excluding tert-OH is 1. The van der Waals surface area contributed by atoms with Crippen molar-refractivity contribution in [3.63, 3.8) is 0 Å². The predicted molar refractivity (Wildman–Crippen MR) is 46.5 cm³/mol. The van der Waals surface area contributed by atoms with Crippen molar-refractivity contribution in [3.8, 4) is 0 Å². The second kappa shape index (κ2) is 4.07. The summed E-state index contributed by atoms with van der Waals surface area (Å²) in [6.45, 7) is 7.02. The van der Waals surface area contributed by atoms with Gasteiger partial charge in [0.2, 0.25) is 0 Å². The second-order valence-corrected chi connectivity index (χ2v) is 3.77. The van der Waals surface area contributed by atoms with Gasteiger partial charge >= 0.3 is 0 Å². The lowest BCUT2D eigenvalue weighted by Gasteiger charge is -2.34. The smallest absolute Gasteiger partial charge is 0.0584 e. The number of rotatable bonds is 2. The average Bonchev–Trinajstić information content (AvgIpc) is 2.03. The van der Waals surface area contributed by atoms with E-state index in [1.54, 1.807) is 0 Å². The minimum absolute atomic E-state index is 0.298. The highest BCUT2D eigenvalue weighted by Crippen LogP contribution is 2.17. The van der Waals surface area contributed by atoms with Crippen LogP contribution in [-0.4, -0.2) is 35.7 Å². The molecule has 0 aromatic heterocycles. The Morgan fingerprint density at radius 1 is 1.64 bits per heavy atom. The summed E-state index contributed by atoms with van der Waals surface area (Å²) in [6.07, 6.45) is 2.65. The molecule has 0 aromatic carbocycles. The molecule has 11 heavy (non-hydrogen) atoms. The Morgan fingerprint density at radius 2 is 2.36 bits per heavy atom. The van der Waals surface area contributed by atoms with Crippen LogP contribution in [0.1, 0.15) is 26.7 Å². The van der Waals surface area contributed by atoms with Crippen LogP contribution in [0, 0.1) is 5.92 Å². The van der Waals surface area contributed by atoms with E-state index in [2.05, 4.69) is 18.7 Å². The molecule has 1 saturated heterocycles. The number of likely N-dealkylation sites (tertiary alicyclic amines) is 1. The van der Waals surface area contributed by atoms with Crippen molar-refractivity contribution in [2.24, 2.45) is 5.92 Å². The first kappa shape index (κ1) is 9.01. The standard InChI is InChI=1S/C9H19NO/c1-8-4-3-5-10(6-8)9(2)7-11/h8-9,11H,3-7H2,1-2H3. The van der Waals surface area contributed by atoms with Crippen molar-refractivity contribution in [2.45, 2.75) is 32.7 Å². The molecule has 2 nitrogen and oxygen atoms in total. The maximum atomic E-state index is 8.93. The molecular weight excluding hydrogens is 138 g/mol. The first-order valence-corrected chi connectivity index (χ1v) is 4.59. The molecule has 2 atom stereocenters. The number of hydrogen-bond donors (Lipinski definition) is 1. The maximum absolute atomic E-state index is 8.93. The zero-order chi connectivity index (χ0) is 8.27. The lowest BCUT2D eigenvalue weighted by atomic mass is 9.99. The molecule has 0 saturated carbocycles. The molecule has 66 valence electrons. The van der Waals surface area contributed by atoms with Gasteiger partial charge in [0.15, 0.2) is 0 Å². The third-order valence-electron chi connectivity index (χ3n) is 2.58. The minimum Gasteiger partial charge on any atom is -0.395 e. The van der Waals surface area contributed by atoms with Gasteiger partial charge in [0.25, 0.3) is 0 Å². The molecular formula is C9H19NO. The molecule has 2 unspecified atom stereocenters. The molecule has 1 aliphatic heterocycles. The average molecular weight is 157 g/mol. The second-order valence-electron chi connectivity index (χ2n) is 3.77. The quantitative estimate of drug-likeness (QED) is 0.649. The van der Waals surface area contributed by atoms with E-state index in [0.29, 0.717) is 12.6 Å². The van der Waals surface area contributed by atoms with Gasteiger partial charge in [-0.05, 0) is 32.2 Å². The fourth-order valence-corrected chi connectivity index (χ4v) is 1.74. The summed E-state index contributed by atoms with van der Waals surface area (Å²) >= 11 is 0. The van der Waals surface area contributed by atoms with Crippen molar-refractivity contribution in [3.05, 3.63) is 0 Å². The first-order chi connectivity index (χ1) is 5.24. The van der Waals surface area contributed by atoms with Gasteiger partial charge in [0, 0.05) is 12.6 Å². The molecule has 1 N–H and O–H groups in total. The largest absolute Gasteiger partial charge is 0.395 e. The minimum atomic E-state index is 0.298. The molecule has 2 heteroatoms. The fraction of sp³-hybridized carbons (Fsp3) is 1.00. The van der Waals surface area contributed by atoms with Crippen molar-refractivity contribution < 1.29 is 5.11 Å². The van der Waals surface area contributed by atoms with E-state index >= 15 is 0 Å². The highest BCUT2D eigenvalue weighted by atomic mass is 16.3. The highest BCUT2D eigenvalue weighted by Gasteiger charge is 2.19. The summed E-state index contributed by atoms with van der Waals surface area (Å²) in [5.41, 5.74) is 0. The maximum Gasteiger partial charge on any atom is 0.0584 e. The highest BCUT2D eigenvalue weighted by molar-refractivity contribution is 4.74. The number of aliphatic hydroxyl groups is 1. The van der Waals surface area contributed by atoms with Crippen LogP contribution < -0.4 is 0 Å². The van der Waals surface area contributed by atoms with Crippen LogP contribution in [0.4, 0.5) is 0 Å². The van der Waals surface area contributed by atoms with Crippen molar-refractivity contribution in [1.29, 1.82) is 0 Å². The van der Waals surface area contributed by atoms with E-state index in [-0.39, 0.29) is 0 Å². The van der Waals surface area contributed by atoms with Gasteiger partial charge in [-0.2, -0.15) is 0 Å². The van der Waals surface area contributed by atoms with E-state index in [4.69, 9.17) is 5.11 Å². The molecule has 1 heterocycles. The summed E-state index contributed by atoms with van der Waals surface area (Å²) in [6, 6.07) is 0.359. The van der Waals surface area contributed by atoms with E-state index in [1.165, 1.54) is 25.9 Å². The molecule has 0 aromatic rings. The van der Waals surface area contributed by atoms with Gasteiger partial charge in [0.1, 0.15) is 0 Å². The molecule has 1 fully saturated rings. The summed E-state index contributed by atoms with van der Waals surface area (Å²) in [5.74, 6) is 0.817. The van der Waals surface area contributed by atoms with Crippen LogP contribution in [0.15, 0.2) is 0 Å². The van der Waals surface area contributed by atoms with Crippen LogP contribution in [0.5, 0.6) is 0 Å². The topological polar surface area (TPSA) is 23.5 Å². The normalized spacial score (nSPS) is 30.3. The fourth-order valence-electron chi connectivity index (χ4n) is 1.74. The van der Waals surface area contributed by atoms with Gasteiger partial charge in [0.05, 0.1) is 6.61 Å². The van der Waals surface area contributed by atoms with Crippen molar-refractivity contribution >= 4 is 0 Å². The van der Waals surface area contributed by atoms with Crippen molar-refractivity contribution in [1.82, 2.24) is 4.90 Å². The van der Waals surface area contributed by atoms with Gasteiger partial charge < -0.3 is 5.11 Å². The number of piperidine rings is 1. The Kier molecular flexibility index (Phi) is 3.34. The van der Waals surface area contributed by atoms with Crippen LogP contribution in [0.2, 0.25) is 0 Å². The molecule has 0 spiro atoms. The third kappa shape index (κ3) is 2.46. The van der Waals surface area contributed by atoms with Gasteiger partial charge in [-0.3, -0.25) is 4.90 Å². The van der Waals surface area contributed by atoms with Crippen LogP contribution in [-0.2, 0) is 0 Å². The zero-order valence-electron chi connectivity index (χ0n) is 7.58. The monoisotopic (exact) mass is 157 g/mol. The summed E-state index contributed by atoms with van der Waals surface area (Å²) < 4.78 is 0. The zero-order valence-corrected chi connectivity index (χ0v) is 7.58. The van der Waals surface area contributed by atoms with Gasteiger partial charge in [-0.1, -0.05) is 6.92 Å². The number of nitrogens with zero attached hydrogens (tertiary/aromatic N) is 1. The Hall–Kier alpha value is -0.0800. The van der Waals surface area contributed by atoms with Crippen molar-refractivity contribution in [2.75, 3.05) is 19.7 Å². The predicted octanol–water partition coefficient (Wildman–Crippen LogP) is 1.10.